The van der Waals surface area contributed by atoms with E-state index in [4.69, 9.17) is 10.2 Å². The van der Waals surface area contributed by atoms with Gasteiger partial charge in [-0.3, -0.25) is 4.79 Å². The number of nitrogens with one attached hydrogen (secondary N) is 2. The Morgan fingerprint density at radius 2 is 2.29 bits per heavy atom. The number of rotatable bonds is 4. The molecule has 0 aromatic heterocycles. The van der Waals surface area contributed by atoms with Crippen LogP contribution in [-0.2, 0) is 4.79 Å². The third-order valence-electron chi connectivity index (χ3n) is 2.26. The van der Waals surface area contributed by atoms with E-state index in [9.17, 15) is 4.79 Å². The minimum Gasteiger partial charge on any atom is -0.394 e. The number of carbonyl (C=O) groups excluding carboxylic acids is 1. The normalized spacial score (nSPS) is 17.2. The van der Waals surface area contributed by atoms with Gasteiger partial charge < -0.3 is 20.8 Å². The lowest BCUT2D eigenvalue weighted by atomic mass is 10.0. The van der Waals surface area contributed by atoms with Gasteiger partial charge in [0.2, 0.25) is 5.91 Å². The van der Waals surface area contributed by atoms with Crippen molar-refractivity contribution in [3.63, 3.8) is 0 Å². The van der Waals surface area contributed by atoms with E-state index >= 15 is 0 Å². The van der Waals surface area contributed by atoms with E-state index < -0.39 is 6.10 Å². The molecule has 1 atom stereocenters. The van der Waals surface area contributed by atoms with E-state index in [0.717, 1.165) is 18.7 Å². The molecular formula is C9H16N2O3. The molecular weight excluding hydrogens is 184 g/mol. The Labute approximate surface area is 82.8 Å². The first-order valence-corrected chi connectivity index (χ1v) is 4.61. The Balaban J connectivity index is 2.34. The summed E-state index contributed by atoms with van der Waals surface area (Å²) in [6.07, 6.45) is -0.878. The summed E-state index contributed by atoms with van der Waals surface area (Å²) < 4.78 is 0. The topological polar surface area (TPSA) is 81.6 Å². The van der Waals surface area contributed by atoms with Gasteiger partial charge in [0.25, 0.3) is 0 Å². The van der Waals surface area contributed by atoms with Gasteiger partial charge in [0.15, 0.2) is 0 Å². The molecule has 1 amide bonds. The standard InChI is InChI=1S/C9H16N2O3/c1-6(7-2-10-3-7)9(14)11-4-8(13)5-12/h8,10,12-13H,2-5H2,1H3,(H,11,14). The molecule has 0 saturated carbocycles. The van der Waals surface area contributed by atoms with Crippen molar-refractivity contribution in [1.29, 1.82) is 0 Å². The van der Waals surface area contributed by atoms with Crippen LogP contribution in [0.4, 0.5) is 0 Å². The molecule has 80 valence electrons. The molecule has 1 aliphatic rings. The molecule has 4 N–H and O–H groups in total. The first-order valence-electron chi connectivity index (χ1n) is 4.61. The van der Waals surface area contributed by atoms with Crippen LogP contribution in [0.5, 0.6) is 0 Å². The van der Waals surface area contributed by atoms with Crippen molar-refractivity contribution in [2.75, 3.05) is 26.2 Å². The molecule has 1 heterocycles. The number of hydrogen-bond donors (Lipinski definition) is 4. The zero-order valence-corrected chi connectivity index (χ0v) is 8.21. The van der Waals surface area contributed by atoms with E-state index in [1.54, 1.807) is 6.92 Å². The maximum atomic E-state index is 11.4. The summed E-state index contributed by atoms with van der Waals surface area (Å²) in [5, 5.41) is 23.1. The number of aliphatic hydroxyl groups excluding tert-OH is 2. The molecule has 5 heteroatoms. The predicted molar refractivity (Wildman–Crippen MR) is 51.7 cm³/mol. The average Bonchev–Trinajstić information content (AvgIpc) is 2.10. The molecule has 1 fully saturated rings. The maximum absolute atomic E-state index is 11.4. The molecule has 0 bridgehead atoms. The first kappa shape index (κ1) is 11.2. The summed E-state index contributed by atoms with van der Waals surface area (Å²) in [6.45, 7) is 3.05. The summed E-state index contributed by atoms with van der Waals surface area (Å²) in [5.74, 6) is -0.172. The second kappa shape index (κ2) is 5.09. The third kappa shape index (κ3) is 2.80. The van der Waals surface area contributed by atoms with Crippen LogP contribution in [0.25, 0.3) is 0 Å². The molecule has 1 saturated heterocycles. The highest BCUT2D eigenvalue weighted by Crippen LogP contribution is 2.08. The highest BCUT2D eigenvalue weighted by Gasteiger charge is 2.16. The van der Waals surface area contributed by atoms with Crippen molar-refractivity contribution in [3.05, 3.63) is 11.1 Å². The van der Waals surface area contributed by atoms with Gasteiger partial charge in [-0.1, -0.05) is 0 Å². The van der Waals surface area contributed by atoms with E-state index in [-0.39, 0.29) is 19.1 Å². The van der Waals surface area contributed by atoms with Crippen LogP contribution in [0.2, 0.25) is 0 Å². The van der Waals surface area contributed by atoms with Gasteiger partial charge in [0.1, 0.15) is 0 Å². The molecule has 14 heavy (non-hydrogen) atoms. The van der Waals surface area contributed by atoms with Crippen molar-refractivity contribution in [2.45, 2.75) is 13.0 Å². The van der Waals surface area contributed by atoms with E-state index in [1.165, 1.54) is 0 Å². The number of amides is 1. The third-order valence-corrected chi connectivity index (χ3v) is 2.26. The second-order valence-electron chi connectivity index (χ2n) is 3.38. The van der Waals surface area contributed by atoms with Crippen molar-refractivity contribution in [2.24, 2.45) is 0 Å². The van der Waals surface area contributed by atoms with Crippen LogP contribution in [0.15, 0.2) is 11.1 Å². The lowest BCUT2D eigenvalue weighted by molar-refractivity contribution is -0.118. The molecule has 0 radical (unpaired) electrons. The zero-order valence-electron chi connectivity index (χ0n) is 8.21. The van der Waals surface area contributed by atoms with Crippen LogP contribution in [0.1, 0.15) is 6.92 Å². The largest absolute Gasteiger partial charge is 0.394 e. The van der Waals surface area contributed by atoms with Crippen molar-refractivity contribution in [1.82, 2.24) is 10.6 Å². The summed E-state index contributed by atoms with van der Waals surface area (Å²) >= 11 is 0. The summed E-state index contributed by atoms with van der Waals surface area (Å²) in [7, 11) is 0. The van der Waals surface area contributed by atoms with Crippen molar-refractivity contribution >= 4 is 5.91 Å². The van der Waals surface area contributed by atoms with E-state index in [0.29, 0.717) is 5.57 Å². The van der Waals surface area contributed by atoms with Crippen molar-refractivity contribution in [3.8, 4) is 0 Å². The van der Waals surface area contributed by atoms with Crippen LogP contribution in [-0.4, -0.2) is 48.5 Å². The van der Waals surface area contributed by atoms with Crippen molar-refractivity contribution < 1.29 is 15.0 Å². The van der Waals surface area contributed by atoms with Crippen LogP contribution in [0.3, 0.4) is 0 Å². The average molecular weight is 200 g/mol. The van der Waals surface area contributed by atoms with Gasteiger partial charge in [0.05, 0.1) is 12.7 Å². The molecule has 0 aromatic carbocycles. The lowest BCUT2D eigenvalue weighted by Gasteiger charge is -2.21. The quantitative estimate of drug-likeness (QED) is 0.411. The monoisotopic (exact) mass is 200 g/mol. The maximum Gasteiger partial charge on any atom is 0.247 e. The Morgan fingerprint density at radius 1 is 1.64 bits per heavy atom. The number of hydrogen-bond acceptors (Lipinski definition) is 4. The molecule has 0 aliphatic carbocycles. The van der Waals surface area contributed by atoms with Crippen LogP contribution < -0.4 is 10.6 Å². The summed E-state index contributed by atoms with van der Waals surface area (Å²) in [4.78, 5) is 11.4. The zero-order chi connectivity index (χ0) is 10.6. The Morgan fingerprint density at radius 3 is 2.71 bits per heavy atom. The van der Waals surface area contributed by atoms with Crippen LogP contribution >= 0.6 is 0 Å². The molecule has 1 rings (SSSR count). The highest BCUT2D eigenvalue weighted by atomic mass is 16.3. The predicted octanol–water partition coefficient (Wildman–Crippen LogP) is -1.62. The fourth-order valence-corrected chi connectivity index (χ4v) is 1.08. The summed E-state index contributed by atoms with van der Waals surface area (Å²) in [5.41, 5.74) is 1.80. The minimum absolute atomic E-state index is 0.0907. The fourth-order valence-electron chi connectivity index (χ4n) is 1.08. The first-order chi connectivity index (χ1) is 6.65. The SMILES string of the molecule is CC(C(=O)NCC(O)CO)=C1CNC1. The smallest absolute Gasteiger partial charge is 0.247 e. The Hall–Kier alpha value is -0.910. The molecule has 0 aromatic rings. The second-order valence-corrected chi connectivity index (χ2v) is 3.38. The Kier molecular flexibility index (Phi) is 4.06. The van der Waals surface area contributed by atoms with E-state index in [2.05, 4.69) is 10.6 Å². The molecule has 1 unspecified atom stereocenters. The lowest BCUT2D eigenvalue weighted by Crippen LogP contribution is -2.39. The highest BCUT2D eigenvalue weighted by molar-refractivity contribution is 5.93. The summed E-state index contributed by atoms with van der Waals surface area (Å²) in [6, 6.07) is 0. The van der Waals surface area contributed by atoms with Gasteiger partial charge in [-0.2, -0.15) is 0 Å². The minimum atomic E-state index is -0.878. The van der Waals surface area contributed by atoms with E-state index in [1.807, 2.05) is 0 Å². The van der Waals surface area contributed by atoms with Gasteiger partial charge >= 0.3 is 0 Å². The van der Waals surface area contributed by atoms with Crippen LogP contribution in [0, 0.1) is 0 Å². The van der Waals surface area contributed by atoms with Gasteiger partial charge in [-0.05, 0) is 12.5 Å². The molecule has 0 spiro atoms. The van der Waals surface area contributed by atoms with Gasteiger partial charge in [-0.25, -0.2) is 0 Å². The number of carbonyl (C=O) groups is 1. The molecule has 1 aliphatic heterocycles. The van der Waals surface area contributed by atoms with Gasteiger partial charge in [-0.15, -0.1) is 0 Å². The molecule has 5 nitrogen and oxygen atoms in total. The Bertz CT molecular complexity index is 244. The number of aliphatic hydroxyl groups is 2. The fraction of sp³-hybridized carbons (Fsp3) is 0.667. The van der Waals surface area contributed by atoms with Gasteiger partial charge in [0, 0.05) is 25.2 Å².